The third kappa shape index (κ3) is 5.33. The van der Waals surface area contributed by atoms with Crippen LogP contribution < -0.4 is 21.1 Å². The van der Waals surface area contributed by atoms with Gasteiger partial charge in [-0.2, -0.15) is 0 Å². The second-order valence-electron chi connectivity index (χ2n) is 16.7. The number of benzene rings is 7. The summed E-state index contributed by atoms with van der Waals surface area (Å²) in [5.74, 6) is 3.79. The summed E-state index contributed by atoms with van der Waals surface area (Å²) >= 11 is 0. The Morgan fingerprint density at radius 2 is 0.862 bits per heavy atom. The maximum atomic E-state index is 6.77. The molecular weight excluding hydrogens is 797 g/mol. The van der Waals surface area contributed by atoms with Crippen LogP contribution in [0.2, 0.25) is 0 Å². The molecule has 13 aromatic rings. The molecule has 0 N–H and O–H groups in total. The number of ether oxygens (including phenoxy) is 1. The summed E-state index contributed by atoms with van der Waals surface area (Å²) in [4.78, 5) is 19.2. The molecule has 6 aromatic heterocycles. The highest BCUT2D eigenvalue weighted by Crippen LogP contribution is 2.40. The van der Waals surface area contributed by atoms with Crippen LogP contribution in [0.3, 0.4) is 0 Å². The van der Waals surface area contributed by atoms with Crippen LogP contribution in [0.5, 0.6) is 11.5 Å². The molecule has 0 radical (unpaired) electrons. The van der Waals surface area contributed by atoms with Gasteiger partial charge in [-0.1, -0.05) is 101 Å². The summed E-state index contributed by atoms with van der Waals surface area (Å²) in [7, 11) is 0. The van der Waals surface area contributed by atoms with Crippen LogP contribution in [0.4, 0.5) is 0 Å². The molecule has 0 saturated heterocycles. The summed E-state index contributed by atoms with van der Waals surface area (Å²) in [6.45, 7) is -0.0103. The molecule has 1 aliphatic heterocycles. The van der Waals surface area contributed by atoms with E-state index in [0.717, 1.165) is 66.6 Å². The maximum Gasteiger partial charge on any atom is 0.243 e. The zero-order valence-electron chi connectivity index (χ0n) is 34.7. The molecule has 14 rings (SSSR count). The van der Waals surface area contributed by atoms with Gasteiger partial charge in [0.05, 0.1) is 33.1 Å². The van der Waals surface area contributed by atoms with Crippen molar-refractivity contribution in [3.8, 4) is 40.2 Å². The van der Waals surface area contributed by atoms with Gasteiger partial charge < -0.3 is 4.74 Å². The highest BCUT2D eigenvalue weighted by Gasteiger charge is 2.35. The van der Waals surface area contributed by atoms with Gasteiger partial charge in [0, 0.05) is 69.2 Å². The van der Waals surface area contributed by atoms with Crippen molar-refractivity contribution in [3.63, 3.8) is 0 Å². The Kier molecular flexibility index (Phi) is 7.61. The summed E-state index contributed by atoms with van der Waals surface area (Å²) in [6.07, 6.45) is 7.30. The van der Waals surface area contributed by atoms with Gasteiger partial charge in [-0.3, -0.25) is 13.7 Å². The minimum Gasteiger partial charge on any atom is -0.457 e. The predicted molar refractivity (Wildman–Crippen MR) is 264 cm³/mol. The highest BCUT2D eigenvalue weighted by atomic mass is 16.5. The van der Waals surface area contributed by atoms with E-state index in [1.807, 2.05) is 48.8 Å². The number of nitrogens with zero attached hydrogens (tertiary/aromatic N) is 7. The van der Waals surface area contributed by atoms with Crippen molar-refractivity contribution in [2.45, 2.75) is 0 Å². The summed E-state index contributed by atoms with van der Waals surface area (Å²) < 4.78 is 13.5. The van der Waals surface area contributed by atoms with Crippen LogP contribution in [0, 0.1) is 0 Å². The van der Waals surface area contributed by atoms with Crippen molar-refractivity contribution in [2.75, 3.05) is 0 Å². The number of fused-ring (bicyclic) bond motifs is 12. The van der Waals surface area contributed by atoms with E-state index >= 15 is 0 Å². The highest BCUT2D eigenvalue weighted by molar-refractivity contribution is 6.99. The van der Waals surface area contributed by atoms with E-state index < -0.39 is 0 Å². The van der Waals surface area contributed by atoms with E-state index in [1.165, 1.54) is 43.7 Å². The first-order valence-electron chi connectivity index (χ1n) is 21.8. The normalized spacial score (nSPS) is 12.3. The first kappa shape index (κ1) is 35.7. The molecule has 0 saturated carbocycles. The van der Waals surface area contributed by atoms with E-state index in [4.69, 9.17) is 24.7 Å². The minimum atomic E-state index is -0.0103. The Morgan fingerprint density at radius 3 is 1.52 bits per heavy atom. The lowest BCUT2D eigenvalue weighted by atomic mass is 9.39. The average Bonchev–Trinajstić information content (AvgIpc) is 4.08. The molecule has 0 bridgehead atoms. The van der Waals surface area contributed by atoms with Crippen LogP contribution in [-0.2, 0) is 0 Å². The summed E-state index contributed by atoms with van der Waals surface area (Å²) in [6, 6.07) is 64.2. The van der Waals surface area contributed by atoms with Crippen molar-refractivity contribution in [3.05, 3.63) is 207 Å². The monoisotopic (exact) mass is 831 g/mol. The molecule has 1 aliphatic rings. The van der Waals surface area contributed by atoms with Gasteiger partial charge in [0.1, 0.15) is 23.1 Å². The van der Waals surface area contributed by atoms with Crippen LogP contribution in [-0.4, -0.2) is 40.3 Å². The van der Waals surface area contributed by atoms with Gasteiger partial charge in [-0.25, -0.2) is 19.9 Å². The van der Waals surface area contributed by atoms with Crippen LogP contribution in [0.15, 0.2) is 207 Å². The number of aromatic nitrogens is 7. The molecule has 8 nitrogen and oxygen atoms in total. The Labute approximate surface area is 372 Å². The number of rotatable bonds is 6. The second kappa shape index (κ2) is 13.8. The van der Waals surface area contributed by atoms with Crippen molar-refractivity contribution < 1.29 is 4.74 Å². The molecule has 0 fully saturated rings. The fraction of sp³-hybridized carbons (Fsp3) is 0. The van der Waals surface area contributed by atoms with Gasteiger partial charge in [-0.15, -0.1) is 0 Å². The molecule has 0 amide bonds. The predicted octanol–water partition coefficient (Wildman–Crippen LogP) is 10.8. The topological polar surface area (TPSA) is 75.6 Å². The van der Waals surface area contributed by atoms with Crippen LogP contribution in [0.25, 0.3) is 94.1 Å². The molecular formula is C56H34BN7O. The van der Waals surface area contributed by atoms with Crippen molar-refractivity contribution in [1.29, 1.82) is 0 Å². The van der Waals surface area contributed by atoms with Gasteiger partial charge in [0.2, 0.25) is 12.7 Å². The molecule has 302 valence electrons. The maximum absolute atomic E-state index is 6.77. The van der Waals surface area contributed by atoms with Crippen LogP contribution in [0.1, 0.15) is 0 Å². The lowest BCUT2D eigenvalue weighted by Crippen LogP contribution is -2.48. The standard InChI is InChI=1S/C56H34BN7O/c1-4-15-46-38(12-1)44-33-45-43-25-22-37(65-36-21-24-42-40-14-3-6-17-49(40)63(51(42)31-36)55-19-8-10-27-59-55)32-52(43)64(56-60-28-11-29-61-56)53(45)34-47(44)57(46)35-20-23-41-39-13-2-5-16-48(39)62(50(41)30-35)54-18-7-9-26-58-54/h1-34H. The van der Waals surface area contributed by atoms with Gasteiger partial charge in [0.25, 0.3) is 0 Å². The molecule has 0 aliphatic carbocycles. The van der Waals surface area contributed by atoms with Gasteiger partial charge in [0.15, 0.2) is 0 Å². The third-order valence-corrected chi connectivity index (χ3v) is 13.2. The van der Waals surface area contributed by atoms with Gasteiger partial charge >= 0.3 is 0 Å². The lowest BCUT2D eigenvalue weighted by Gasteiger charge is -2.13. The Bertz CT molecular complexity index is 4050. The fourth-order valence-electron chi connectivity index (χ4n) is 10.5. The Morgan fingerprint density at radius 1 is 0.338 bits per heavy atom. The SMILES string of the molecule is c1ccc(-n2c3ccccc3c3ccc(Oc4ccc5c6cc7c(cc6n(-c6ncccn6)c5c4)B(c4ccc5c6ccccc6n(-c6ccccn6)c5c4)c4ccccc4-7)cc32)nc1. The average molecular weight is 832 g/mol. The zero-order valence-corrected chi connectivity index (χ0v) is 34.7. The second-order valence-corrected chi connectivity index (χ2v) is 16.7. The van der Waals surface area contributed by atoms with Crippen molar-refractivity contribution >= 4 is 88.5 Å². The third-order valence-electron chi connectivity index (χ3n) is 13.2. The smallest absolute Gasteiger partial charge is 0.243 e. The van der Waals surface area contributed by atoms with Crippen LogP contribution >= 0.6 is 0 Å². The van der Waals surface area contributed by atoms with E-state index in [0.29, 0.717) is 11.7 Å². The van der Waals surface area contributed by atoms with Gasteiger partial charge in [-0.05, 0) is 96.1 Å². The number of hydrogen-bond donors (Lipinski definition) is 0. The molecule has 0 spiro atoms. The zero-order chi connectivity index (χ0) is 42.6. The number of hydrogen-bond acceptors (Lipinski definition) is 5. The number of para-hydroxylation sites is 2. The Balaban J connectivity index is 0.945. The van der Waals surface area contributed by atoms with Crippen molar-refractivity contribution in [1.82, 2.24) is 33.6 Å². The summed E-state index contributed by atoms with van der Waals surface area (Å²) in [5, 5.41) is 6.93. The van der Waals surface area contributed by atoms with E-state index in [2.05, 4.69) is 159 Å². The molecule has 9 heteroatoms. The molecule has 0 unspecified atom stereocenters. The minimum absolute atomic E-state index is 0.0103. The number of pyridine rings is 2. The van der Waals surface area contributed by atoms with E-state index in [-0.39, 0.29) is 6.71 Å². The first-order chi connectivity index (χ1) is 32.2. The van der Waals surface area contributed by atoms with E-state index in [9.17, 15) is 0 Å². The quantitative estimate of drug-likeness (QED) is 0.156. The largest absolute Gasteiger partial charge is 0.457 e. The molecule has 0 atom stereocenters. The molecule has 7 heterocycles. The lowest BCUT2D eigenvalue weighted by molar-refractivity contribution is 0.484. The van der Waals surface area contributed by atoms with Crippen molar-refractivity contribution in [2.24, 2.45) is 0 Å². The fourth-order valence-corrected chi connectivity index (χ4v) is 10.5. The Hall–Kier alpha value is -8.82. The first-order valence-corrected chi connectivity index (χ1v) is 21.8. The molecule has 65 heavy (non-hydrogen) atoms. The molecule has 7 aromatic carbocycles. The van der Waals surface area contributed by atoms with E-state index in [1.54, 1.807) is 12.4 Å². The summed E-state index contributed by atoms with van der Waals surface area (Å²) in [5.41, 5.74) is 12.6.